The minimum atomic E-state index is -0.274. The predicted octanol–water partition coefficient (Wildman–Crippen LogP) is 5.17. The Kier molecular flexibility index (Phi) is 4.09. The number of nitrogens with zero attached hydrogens (tertiary/aromatic N) is 1. The summed E-state index contributed by atoms with van der Waals surface area (Å²) in [6, 6.07) is 16.0. The van der Waals surface area contributed by atoms with Crippen LogP contribution in [0.25, 0.3) is 11.3 Å². The Labute approximate surface area is 149 Å². The zero-order valence-corrected chi connectivity index (χ0v) is 14.4. The molecule has 4 rings (SSSR count). The summed E-state index contributed by atoms with van der Waals surface area (Å²) < 4.78 is 18.7. The first-order valence-electron chi connectivity index (χ1n) is 7.97. The van der Waals surface area contributed by atoms with Crippen LogP contribution in [0.3, 0.4) is 0 Å². The van der Waals surface area contributed by atoms with E-state index in [0.29, 0.717) is 5.75 Å². The number of aryl methyl sites for hydroxylation is 1. The highest BCUT2D eigenvalue weighted by atomic mass is 32.2. The van der Waals surface area contributed by atoms with Crippen molar-refractivity contribution in [3.8, 4) is 11.3 Å². The van der Waals surface area contributed by atoms with Gasteiger partial charge >= 0.3 is 0 Å². The van der Waals surface area contributed by atoms with Crippen LogP contribution in [0.4, 0.5) is 10.1 Å². The van der Waals surface area contributed by atoms with E-state index < -0.39 is 0 Å². The molecular formula is C20H16FNO2S. The smallest absolute Gasteiger partial charge is 0.238 e. The van der Waals surface area contributed by atoms with Gasteiger partial charge in [-0.1, -0.05) is 12.1 Å². The summed E-state index contributed by atoms with van der Waals surface area (Å²) in [5.74, 6) is 1.00. The van der Waals surface area contributed by atoms with Gasteiger partial charge < -0.3 is 4.42 Å². The third-order valence-corrected chi connectivity index (χ3v) is 5.50. The fourth-order valence-electron chi connectivity index (χ4n) is 3.08. The van der Waals surface area contributed by atoms with Crippen molar-refractivity contribution < 1.29 is 13.6 Å². The maximum Gasteiger partial charge on any atom is 0.238 e. The van der Waals surface area contributed by atoms with Gasteiger partial charge in [-0.25, -0.2) is 4.39 Å². The normalized spacial score (nSPS) is 17.3. The van der Waals surface area contributed by atoms with Gasteiger partial charge in [-0.2, -0.15) is 0 Å². The second-order valence-electron chi connectivity index (χ2n) is 5.96. The molecule has 2 heterocycles. The summed E-state index contributed by atoms with van der Waals surface area (Å²) >= 11 is 1.56. The van der Waals surface area contributed by atoms with Crippen molar-refractivity contribution in [3.05, 3.63) is 77.8 Å². The molecule has 1 aromatic heterocycles. The third-order valence-electron chi connectivity index (χ3n) is 4.29. The Morgan fingerprint density at radius 1 is 1.16 bits per heavy atom. The molecule has 1 aliphatic heterocycles. The molecule has 126 valence electrons. The lowest BCUT2D eigenvalue weighted by Gasteiger charge is -2.26. The van der Waals surface area contributed by atoms with E-state index >= 15 is 0 Å². The van der Waals surface area contributed by atoms with Gasteiger partial charge in [0.1, 0.15) is 17.0 Å². The van der Waals surface area contributed by atoms with Gasteiger partial charge in [0.05, 0.1) is 12.0 Å². The number of benzene rings is 2. The second-order valence-corrected chi connectivity index (χ2v) is 7.03. The molecule has 1 aliphatic rings. The first-order valence-corrected chi connectivity index (χ1v) is 9.02. The minimum Gasteiger partial charge on any atom is -0.464 e. The van der Waals surface area contributed by atoms with E-state index in [2.05, 4.69) is 0 Å². The summed E-state index contributed by atoms with van der Waals surface area (Å²) in [5.41, 5.74) is 3.77. The number of thioether (sulfide) groups is 1. The molecule has 25 heavy (non-hydrogen) atoms. The van der Waals surface area contributed by atoms with Gasteiger partial charge in [0.25, 0.3) is 0 Å². The minimum absolute atomic E-state index is 0.0631. The first-order chi connectivity index (χ1) is 12.1. The van der Waals surface area contributed by atoms with Crippen molar-refractivity contribution in [3.63, 3.8) is 0 Å². The number of hydrogen-bond donors (Lipinski definition) is 0. The van der Waals surface area contributed by atoms with E-state index in [4.69, 9.17) is 4.42 Å². The Morgan fingerprint density at radius 3 is 2.64 bits per heavy atom. The van der Waals surface area contributed by atoms with E-state index in [1.54, 1.807) is 35.1 Å². The fraction of sp³-hybridized carbons (Fsp3) is 0.150. The number of amides is 1. The van der Waals surface area contributed by atoms with Crippen LogP contribution in [0.2, 0.25) is 0 Å². The molecule has 1 amide bonds. The summed E-state index contributed by atoms with van der Waals surface area (Å²) in [6.07, 6.45) is 1.64. The molecule has 1 fully saturated rings. The number of halogens is 1. The Hall–Kier alpha value is -2.53. The molecule has 1 atom stereocenters. The van der Waals surface area contributed by atoms with E-state index in [0.717, 1.165) is 28.1 Å². The lowest BCUT2D eigenvalue weighted by molar-refractivity contribution is -0.115. The molecule has 2 aromatic carbocycles. The highest BCUT2D eigenvalue weighted by molar-refractivity contribution is 8.00. The number of rotatable bonds is 3. The lowest BCUT2D eigenvalue weighted by Crippen LogP contribution is -2.28. The number of carbonyl (C=O) groups excluding carboxylic acids is 1. The molecule has 3 aromatic rings. The summed E-state index contributed by atoms with van der Waals surface area (Å²) in [4.78, 5) is 14.3. The molecule has 0 spiro atoms. The van der Waals surface area contributed by atoms with Crippen LogP contribution in [-0.2, 0) is 4.79 Å². The van der Waals surface area contributed by atoms with E-state index in [-0.39, 0.29) is 17.1 Å². The van der Waals surface area contributed by atoms with Crippen molar-refractivity contribution in [1.82, 2.24) is 0 Å². The number of hydrogen-bond acceptors (Lipinski definition) is 3. The van der Waals surface area contributed by atoms with Gasteiger partial charge in [0.2, 0.25) is 5.91 Å². The monoisotopic (exact) mass is 353 g/mol. The number of carbonyl (C=O) groups is 1. The topological polar surface area (TPSA) is 33.5 Å². The molecular weight excluding hydrogens is 337 g/mol. The zero-order valence-electron chi connectivity index (χ0n) is 13.6. The van der Waals surface area contributed by atoms with Crippen LogP contribution >= 0.6 is 11.8 Å². The highest BCUT2D eigenvalue weighted by Gasteiger charge is 2.34. The molecule has 1 unspecified atom stereocenters. The third kappa shape index (κ3) is 2.96. The maximum atomic E-state index is 13.2. The molecule has 3 nitrogen and oxygen atoms in total. The number of furan rings is 1. The molecule has 0 N–H and O–H groups in total. The number of anilines is 1. The SMILES string of the molecule is Cc1cc(-c2ccco2)ccc1N1C(=O)CSC1c1ccc(F)cc1. The van der Waals surface area contributed by atoms with Crippen LogP contribution in [0.15, 0.2) is 65.3 Å². The Bertz CT molecular complexity index is 906. The van der Waals surface area contributed by atoms with E-state index in [1.165, 1.54) is 12.1 Å². The van der Waals surface area contributed by atoms with Crippen molar-refractivity contribution in [2.75, 3.05) is 10.7 Å². The van der Waals surface area contributed by atoms with Gasteiger partial charge in [0.15, 0.2) is 0 Å². The van der Waals surface area contributed by atoms with Crippen LogP contribution in [0.5, 0.6) is 0 Å². The van der Waals surface area contributed by atoms with Crippen molar-refractivity contribution >= 4 is 23.4 Å². The second kappa shape index (κ2) is 6.41. The molecule has 1 saturated heterocycles. The van der Waals surface area contributed by atoms with Gasteiger partial charge in [0, 0.05) is 11.3 Å². The zero-order chi connectivity index (χ0) is 17.4. The van der Waals surface area contributed by atoms with Crippen LogP contribution in [0.1, 0.15) is 16.5 Å². The highest BCUT2D eigenvalue weighted by Crippen LogP contribution is 2.43. The summed E-state index contributed by atoms with van der Waals surface area (Å²) in [5, 5.41) is -0.138. The summed E-state index contributed by atoms with van der Waals surface area (Å²) in [7, 11) is 0. The van der Waals surface area contributed by atoms with Gasteiger partial charge in [-0.15, -0.1) is 11.8 Å². The Balaban J connectivity index is 1.71. The quantitative estimate of drug-likeness (QED) is 0.651. The standard InChI is InChI=1S/C20H16FNO2S/c1-13-11-15(18-3-2-10-24-18)6-9-17(13)22-19(23)12-25-20(22)14-4-7-16(21)8-5-14/h2-11,20H,12H2,1H3. The maximum absolute atomic E-state index is 13.2. The Morgan fingerprint density at radius 2 is 1.96 bits per heavy atom. The molecule has 0 radical (unpaired) electrons. The van der Waals surface area contributed by atoms with Crippen LogP contribution < -0.4 is 4.90 Å². The molecule has 0 saturated carbocycles. The van der Waals surface area contributed by atoms with Crippen molar-refractivity contribution in [1.29, 1.82) is 0 Å². The average Bonchev–Trinajstić information content (AvgIpc) is 3.26. The van der Waals surface area contributed by atoms with E-state index in [1.807, 2.05) is 37.3 Å². The lowest BCUT2D eigenvalue weighted by atomic mass is 10.1. The van der Waals surface area contributed by atoms with Crippen molar-refractivity contribution in [2.24, 2.45) is 0 Å². The summed E-state index contributed by atoms with van der Waals surface area (Å²) in [6.45, 7) is 1.99. The van der Waals surface area contributed by atoms with Gasteiger partial charge in [-0.05, 0) is 60.5 Å². The van der Waals surface area contributed by atoms with Crippen molar-refractivity contribution in [2.45, 2.75) is 12.3 Å². The van der Waals surface area contributed by atoms with Gasteiger partial charge in [-0.3, -0.25) is 9.69 Å². The van der Waals surface area contributed by atoms with Crippen LogP contribution in [0, 0.1) is 12.7 Å². The largest absolute Gasteiger partial charge is 0.464 e. The molecule has 5 heteroatoms. The first kappa shape index (κ1) is 16.0. The molecule has 0 aliphatic carbocycles. The van der Waals surface area contributed by atoms with E-state index in [9.17, 15) is 9.18 Å². The fourth-order valence-corrected chi connectivity index (χ4v) is 4.25. The van der Waals surface area contributed by atoms with Crippen LogP contribution in [-0.4, -0.2) is 11.7 Å². The predicted molar refractivity (Wildman–Crippen MR) is 98.0 cm³/mol. The molecule has 0 bridgehead atoms. The average molecular weight is 353 g/mol.